The second-order valence-corrected chi connectivity index (χ2v) is 7.68. The van der Waals surface area contributed by atoms with Gasteiger partial charge in [0.05, 0.1) is 25.3 Å². The van der Waals surface area contributed by atoms with Crippen LogP contribution in [0.25, 0.3) is 0 Å². The van der Waals surface area contributed by atoms with Crippen molar-refractivity contribution in [2.24, 2.45) is 5.92 Å². The minimum atomic E-state index is -2.63. The molecule has 1 aliphatic carbocycles. The van der Waals surface area contributed by atoms with Crippen LogP contribution in [0, 0.1) is 5.92 Å². The van der Waals surface area contributed by atoms with E-state index in [2.05, 4.69) is 20.3 Å². The topological polar surface area (TPSA) is 86.2 Å². The smallest absolute Gasteiger partial charge is 0.316 e. The van der Waals surface area contributed by atoms with Gasteiger partial charge in [-0.05, 0) is 55.6 Å². The Morgan fingerprint density at radius 2 is 1.81 bits per heavy atom. The summed E-state index contributed by atoms with van der Waals surface area (Å²) in [5.74, 6) is 0.0777. The zero-order valence-corrected chi connectivity index (χ0v) is 18.0. The van der Waals surface area contributed by atoms with Gasteiger partial charge in [0.15, 0.2) is 0 Å². The van der Waals surface area contributed by atoms with E-state index >= 15 is 0 Å². The van der Waals surface area contributed by atoms with E-state index in [9.17, 15) is 13.6 Å². The molecule has 0 radical (unpaired) electrons. The van der Waals surface area contributed by atoms with Crippen LogP contribution >= 0.6 is 0 Å². The first-order valence-electron chi connectivity index (χ1n) is 10.5. The summed E-state index contributed by atoms with van der Waals surface area (Å²) >= 11 is 0. The standard InChI is InChI=1S/C22H28F2N4O3/c1-4-17(28-20(29)15-11-26-22(31-3)27-12-15)14-7-5-13(6-8-14)16-9-10-25-21(30-2)18(16)19(23)24/h9-14,17,19H,4-8H2,1-3H3,(H,28,29)/t13?,14?,17-/m1/s1. The maximum Gasteiger partial charge on any atom is 0.316 e. The number of pyridine rings is 1. The van der Waals surface area contributed by atoms with Crippen LogP contribution in [0.3, 0.4) is 0 Å². The number of halogens is 2. The van der Waals surface area contributed by atoms with E-state index in [-0.39, 0.29) is 41.2 Å². The van der Waals surface area contributed by atoms with E-state index in [1.54, 1.807) is 6.07 Å². The summed E-state index contributed by atoms with van der Waals surface area (Å²) in [5, 5.41) is 3.08. The normalized spacial score (nSPS) is 19.7. The molecule has 2 heterocycles. The number of aromatic nitrogens is 3. The van der Waals surface area contributed by atoms with Crippen molar-refractivity contribution < 1.29 is 23.0 Å². The van der Waals surface area contributed by atoms with Gasteiger partial charge in [0.25, 0.3) is 12.3 Å². The summed E-state index contributed by atoms with van der Waals surface area (Å²) in [6.45, 7) is 2.03. The van der Waals surface area contributed by atoms with Crippen LogP contribution in [0.15, 0.2) is 24.7 Å². The highest BCUT2D eigenvalue weighted by Gasteiger charge is 2.32. The fraction of sp³-hybridized carbons (Fsp3) is 0.545. The van der Waals surface area contributed by atoms with Crippen LogP contribution in [0.4, 0.5) is 8.78 Å². The van der Waals surface area contributed by atoms with Gasteiger partial charge in [0, 0.05) is 24.6 Å². The van der Waals surface area contributed by atoms with Crippen molar-refractivity contribution in [1.29, 1.82) is 0 Å². The first kappa shape index (κ1) is 22.8. The zero-order valence-electron chi connectivity index (χ0n) is 18.0. The maximum atomic E-state index is 13.7. The van der Waals surface area contributed by atoms with Gasteiger partial charge in [-0.15, -0.1) is 0 Å². The van der Waals surface area contributed by atoms with Crippen molar-refractivity contribution in [3.63, 3.8) is 0 Å². The first-order chi connectivity index (χ1) is 15.0. The largest absolute Gasteiger partial charge is 0.481 e. The average molecular weight is 434 g/mol. The molecule has 0 spiro atoms. The Kier molecular flexibility index (Phi) is 7.70. The van der Waals surface area contributed by atoms with Gasteiger partial charge in [-0.2, -0.15) is 0 Å². The number of methoxy groups -OCH3 is 2. The molecule has 2 aromatic rings. The summed E-state index contributed by atoms with van der Waals surface area (Å²) in [5.41, 5.74) is 0.888. The lowest BCUT2D eigenvalue weighted by atomic mass is 9.74. The molecule has 1 amide bonds. The highest BCUT2D eigenvalue weighted by atomic mass is 19.3. The number of nitrogens with zero attached hydrogens (tertiary/aromatic N) is 3. The molecule has 0 bridgehead atoms. The number of rotatable bonds is 8. The van der Waals surface area contributed by atoms with E-state index in [0.29, 0.717) is 11.1 Å². The molecule has 1 aliphatic rings. The van der Waals surface area contributed by atoms with Crippen molar-refractivity contribution in [3.05, 3.63) is 41.3 Å². The van der Waals surface area contributed by atoms with Crippen LogP contribution < -0.4 is 14.8 Å². The molecule has 3 rings (SSSR count). The van der Waals surface area contributed by atoms with Crippen LogP contribution in [0.5, 0.6) is 11.9 Å². The Labute approximate surface area is 180 Å². The van der Waals surface area contributed by atoms with E-state index in [1.807, 2.05) is 6.92 Å². The fourth-order valence-electron chi connectivity index (χ4n) is 4.38. The van der Waals surface area contributed by atoms with E-state index in [1.165, 1.54) is 32.8 Å². The van der Waals surface area contributed by atoms with E-state index < -0.39 is 6.43 Å². The summed E-state index contributed by atoms with van der Waals surface area (Å²) in [6, 6.07) is 1.88. The maximum absolute atomic E-state index is 13.7. The predicted molar refractivity (Wildman–Crippen MR) is 111 cm³/mol. The molecule has 1 saturated carbocycles. The van der Waals surface area contributed by atoms with Gasteiger partial charge in [-0.3, -0.25) is 4.79 Å². The molecule has 0 unspecified atom stereocenters. The molecule has 31 heavy (non-hydrogen) atoms. The van der Waals surface area contributed by atoms with E-state index in [0.717, 1.165) is 32.1 Å². The molecule has 0 aromatic carbocycles. The molecule has 9 heteroatoms. The third kappa shape index (κ3) is 5.26. The molecular formula is C22H28F2N4O3. The molecule has 1 atom stereocenters. The lowest BCUT2D eigenvalue weighted by molar-refractivity contribution is 0.0907. The molecule has 0 aliphatic heterocycles. The Morgan fingerprint density at radius 1 is 1.13 bits per heavy atom. The van der Waals surface area contributed by atoms with Crippen LogP contribution in [0.2, 0.25) is 0 Å². The van der Waals surface area contributed by atoms with Crippen molar-refractivity contribution in [3.8, 4) is 11.9 Å². The number of nitrogens with one attached hydrogen (secondary N) is 1. The number of hydrogen-bond donors (Lipinski definition) is 1. The Morgan fingerprint density at radius 3 is 2.35 bits per heavy atom. The van der Waals surface area contributed by atoms with Crippen LogP contribution in [-0.4, -0.2) is 41.1 Å². The SMILES string of the molecule is CC[C@@H](NC(=O)c1cnc(OC)nc1)C1CCC(c2ccnc(OC)c2C(F)F)CC1. The van der Waals surface area contributed by atoms with E-state index in [4.69, 9.17) is 9.47 Å². The third-order valence-corrected chi connectivity index (χ3v) is 6.01. The number of ether oxygens (including phenoxy) is 2. The number of hydrogen-bond acceptors (Lipinski definition) is 6. The van der Waals surface area contributed by atoms with Crippen LogP contribution in [0.1, 0.15) is 72.9 Å². The van der Waals surface area contributed by atoms with Crippen molar-refractivity contribution in [1.82, 2.24) is 20.3 Å². The Hall–Kier alpha value is -2.84. The second kappa shape index (κ2) is 10.5. The molecule has 7 nitrogen and oxygen atoms in total. The highest BCUT2D eigenvalue weighted by molar-refractivity contribution is 5.93. The average Bonchev–Trinajstić information content (AvgIpc) is 2.81. The summed E-state index contributed by atoms with van der Waals surface area (Å²) in [6.07, 6.45) is 5.78. The van der Waals surface area contributed by atoms with Crippen LogP contribution in [-0.2, 0) is 0 Å². The lowest BCUT2D eigenvalue weighted by Gasteiger charge is -2.34. The Bertz CT molecular complexity index is 872. The van der Waals surface area contributed by atoms with Crippen molar-refractivity contribution in [2.75, 3.05) is 14.2 Å². The monoisotopic (exact) mass is 434 g/mol. The minimum Gasteiger partial charge on any atom is -0.481 e. The molecule has 1 N–H and O–H groups in total. The van der Waals surface area contributed by atoms with Gasteiger partial charge >= 0.3 is 6.01 Å². The van der Waals surface area contributed by atoms with Gasteiger partial charge < -0.3 is 14.8 Å². The molecule has 0 saturated heterocycles. The second-order valence-electron chi connectivity index (χ2n) is 7.68. The summed E-state index contributed by atoms with van der Waals surface area (Å²) in [7, 11) is 2.82. The highest BCUT2D eigenvalue weighted by Crippen LogP contribution is 2.42. The number of amides is 1. The molecule has 1 fully saturated rings. The first-order valence-corrected chi connectivity index (χ1v) is 10.5. The number of alkyl halides is 2. The van der Waals surface area contributed by atoms with Gasteiger partial charge in [0.1, 0.15) is 0 Å². The Balaban J connectivity index is 1.64. The van der Waals surface area contributed by atoms with Crippen molar-refractivity contribution >= 4 is 5.91 Å². The quantitative estimate of drug-likeness (QED) is 0.666. The van der Waals surface area contributed by atoms with Gasteiger partial charge in [-0.25, -0.2) is 23.7 Å². The summed E-state index contributed by atoms with van der Waals surface area (Å²) < 4.78 is 37.3. The van der Waals surface area contributed by atoms with Gasteiger partial charge in [-0.1, -0.05) is 6.92 Å². The fourth-order valence-corrected chi connectivity index (χ4v) is 4.38. The third-order valence-electron chi connectivity index (χ3n) is 6.01. The molecule has 168 valence electrons. The number of carbonyl (C=O) groups excluding carboxylic acids is 1. The minimum absolute atomic E-state index is 0.00269. The lowest BCUT2D eigenvalue weighted by Crippen LogP contribution is -2.41. The zero-order chi connectivity index (χ0) is 22.4. The van der Waals surface area contributed by atoms with Gasteiger partial charge in [0.2, 0.25) is 5.88 Å². The van der Waals surface area contributed by atoms with Crippen molar-refractivity contribution in [2.45, 2.75) is 57.4 Å². The molecule has 2 aromatic heterocycles. The summed E-state index contributed by atoms with van der Waals surface area (Å²) in [4.78, 5) is 24.5. The number of carbonyl (C=O) groups is 1. The predicted octanol–water partition coefficient (Wildman–Crippen LogP) is 4.31. The molecular weight excluding hydrogens is 406 g/mol.